The van der Waals surface area contributed by atoms with Crippen molar-refractivity contribution in [1.29, 1.82) is 0 Å². The van der Waals surface area contributed by atoms with Gasteiger partial charge in [0.1, 0.15) is 17.1 Å². The Hall–Kier alpha value is -2.50. The van der Waals surface area contributed by atoms with Gasteiger partial charge >= 0.3 is 11.9 Å². The number of carbonyl (C=O) groups is 2. The van der Waals surface area contributed by atoms with E-state index in [1.54, 1.807) is 0 Å². The summed E-state index contributed by atoms with van der Waals surface area (Å²) in [6.07, 6.45) is 2.29. The molecule has 0 atom stereocenters. The molecule has 1 aromatic rings. The molecule has 4 N–H and O–H groups in total. The summed E-state index contributed by atoms with van der Waals surface area (Å²) in [7, 11) is 0. The highest BCUT2D eigenvalue weighted by atomic mass is 16.4. The smallest absolute Gasteiger partial charge is 0.339 e. The molecule has 90 valence electrons. The summed E-state index contributed by atoms with van der Waals surface area (Å²) < 4.78 is 0. The third kappa shape index (κ3) is 3.23. The van der Waals surface area contributed by atoms with Gasteiger partial charge in [-0.25, -0.2) is 4.79 Å². The van der Waals surface area contributed by atoms with Crippen molar-refractivity contribution in [2.24, 2.45) is 0 Å². The molecule has 0 unspecified atom stereocenters. The molecule has 1 aromatic carbocycles. The van der Waals surface area contributed by atoms with Crippen LogP contribution in [-0.4, -0.2) is 32.4 Å². The van der Waals surface area contributed by atoms with Gasteiger partial charge in [0.25, 0.3) is 0 Å². The summed E-state index contributed by atoms with van der Waals surface area (Å²) in [6, 6.07) is 1.95. The van der Waals surface area contributed by atoms with Crippen LogP contribution in [0.1, 0.15) is 22.3 Å². The van der Waals surface area contributed by atoms with E-state index in [1.165, 1.54) is 12.2 Å². The van der Waals surface area contributed by atoms with Crippen LogP contribution in [0.15, 0.2) is 18.2 Å². The van der Waals surface area contributed by atoms with Crippen molar-refractivity contribution < 1.29 is 30.0 Å². The molecule has 0 bridgehead atoms. The number of phenolic OH excluding ortho intramolecular Hbond substituents is 1. The van der Waals surface area contributed by atoms with Crippen LogP contribution in [0, 0.1) is 0 Å². The normalized spacial score (nSPS) is 10.6. The van der Waals surface area contributed by atoms with Crippen molar-refractivity contribution in [3.8, 4) is 11.5 Å². The summed E-state index contributed by atoms with van der Waals surface area (Å²) in [4.78, 5) is 21.0. The van der Waals surface area contributed by atoms with E-state index in [2.05, 4.69) is 0 Å². The van der Waals surface area contributed by atoms with E-state index in [1.807, 2.05) is 0 Å². The number of phenols is 2. The van der Waals surface area contributed by atoms with Crippen LogP contribution in [0.3, 0.4) is 0 Å². The number of carboxylic acid groups (broad SMARTS) is 2. The zero-order valence-electron chi connectivity index (χ0n) is 8.62. The lowest BCUT2D eigenvalue weighted by molar-refractivity contribution is -0.135. The van der Waals surface area contributed by atoms with Gasteiger partial charge in [-0.1, -0.05) is 12.2 Å². The number of carboxylic acids is 2. The van der Waals surface area contributed by atoms with Gasteiger partial charge in [-0.05, 0) is 6.07 Å². The van der Waals surface area contributed by atoms with Crippen LogP contribution in [0.2, 0.25) is 0 Å². The minimum Gasteiger partial charge on any atom is -0.507 e. The Bertz CT molecular complexity index is 489. The van der Waals surface area contributed by atoms with Gasteiger partial charge in [0.05, 0.1) is 6.42 Å². The second-order valence-electron chi connectivity index (χ2n) is 3.23. The lowest BCUT2D eigenvalue weighted by Gasteiger charge is -2.04. The predicted molar refractivity (Wildman–Crippen MR) is 58.0 cm³/mol. The molecule has 1 rings (SSSR count). The summed E-state index contributed by atoms with van der Waals surface area (Å²) in [6.45, 7) is 0. The highest BCUT2D eigenvalue weighted by Crippen LogP contribution is 2.28. The first-order chi connectivity index (χ1) is 7.91. The molecule has 0 spiro atoms. The SMILES string of the molecule is O=C(O)CC=Cc1cc(C(=O)O)c(O)cc1O. The quantitative estimate of drug-likeness (QED) is 0.628. The molecular weight excluding hydrogens is 228 g/mol. The Morgan fingerprint density at radius 1 is 1.12 bits per heavy atom. The molecule has 6 heteroatoms. The van der Waals surface area contributed by atoms with Gasteiger partial charge in [-0.3, -0.25) is 4.79 Å². The second kappa shape index (κ2) is 5.02. The zero-order chi connectivity index (χ0) is 13.0. The standard InChI is InChI=1S/C11H10O6/c12-8-5-9(13)7(11(16)17)4-6(8)2-1-3-10(14)15/h1-2,4-5,12-13H,3H2,(H,14,15)(H,16,17). The lowest BCUT2D eigenvalue weighted by Crippen LogP contribution is -1.97. The highest BCUT2D eigenvalue weighted by molar-refractivity contribution is 5.92. The van der Waals surface area contributed by atoms with Gasteiger partial charge in [0, 0.05) is 11.6 Å². The molecule has 0 aliphatic rings. The summed E-state index contributed by atoms with van der Waals surface area (Å²) in [5.41, 5.74) is -0.237. The third-order valence-corrected chi connectivity index (χ3v) is 1.97. The number of hydrogen-bond acceptors (Lipinski definition) is 4. The maximum atomic E-state index is 10.7. The van der Waals surface area contributed by atoms with Crippen LogP contribution >= 0.6 is 0 Å². The van der Waals surface area contributed by atoms with E-state index in [0.29, 0.717) is 0 Å². The second-order valence-corrected chi connectivity index (χ2v) is 3.23. The molecule has 0 amide bonds. The van der Waals surface area contributed by atoms with E-state index in [4.69, 9.17) is 10.2 Å². The van der Waals surface area contributed by atoms with Crippen molar-refractivity contribution in [2.45, 2.75) is 6.42 Å². The predicted octanol–water partition coefficient (Wildman–Crippen LogP) is 1.28. The van der Waals surface area contributed by atoms with Crippen molar-refractivity contribution in [3.63, 3.8) is 0 Å². The fourth-order valence-electron chi connectivity index (χ4n) is 1.19. The first-order valence-corrected chi connectivity index (χ1v) is 4.59. The number of benzene rings is 1. The van der Waals surface area contributed by atoms with Crippen molar-refractivity contribution in [1.82, 2.24) is 0 Å². The molecule has 0 aliphatic carbocycles. The van der Waals surface area contributed by atoms with Gasteiger partial charge in [-0.15, -0.1) is 0 Å². The average molecular weight is 238 g/mol. The van der Waals surface area contributed by atoms with Crippen LogP contribution < -0.4 is 0 Å². The molecule has 17 heavy (non-hydrogen) atoms. The Balaban J connectivity index is 3.07. The maximum Gasteiger partial charge on any atom is 0.339 e. The number of aliphatic carboxylic acids is 1. The molecule has 0 saturated carbocycles. The molecule has 0 heterocycles. The monoisotopic (exact) mass is 238 g/mol. The Morgan fingerprint density at radius 2 is 1.76 bits per heavy atom. The first kappa shape index (κ1) is 12.6. The summed E-state index contributed by atoms with van der Waals surface area (Å²) in [5.74, 6) is -3.26. The average Bonchev–Trinajstić information content (AvgIpc) is 2.20. The van der Waals surface area contributed by atoms with E-state index in [0.717, 1.165) is 12.1 Å². The molecular formula is C11H10O6. The fraction of sp³-hybridized carbons (Fsp3) is 0.0909. The van der Waals surface area contributed by atoms with E-state index < -0.39 is 17.7 Å². The van der Waals surface area contributed by atoms with Crippen molar-refractivity contribution in [3.05, 3.63) is 29.3 Å². The number of aromatic hydroxyl groups is 2. The molecule has 0 fully saturated rings. The first-order valence-electron chi connectivity index (χ1n) is 4.59. The van der Waals surface area contributed by atoms with Crippen LogP contribution in [0.4, 0.5) is 0 Å². The van der Waals surface area contributed by atoms with Crippen LogP contribution in [0.25, 0.3) is 6.08 Å². The summed E-state index contributed by atoms with van der Waals surface area (Å²) >= 11 is 0. The molecule has 0 aromatic heterocycles. The van der Waals surface area contributed by atoms with Gasteiger partial charge in [0.15, 0.2) is 0 Å². The van der Waals surface area contributed by atoms with E-state index in [-0.39, 0.29) is 23.3 Å². The number of rotatable bonds is 4. The molecule has 0 aliphatic heterocycles. The maximum absolute atomic E-state index is 10.7. The molecule has 0 radical (unpaired) electrons. The largest absolute Gasteiger partial charge is 0.507 e. The Kier molecular flexibility index (Phi) is 3.71. The Labute approximate surface area is 96.1 Å². The van der Waals surface area contributed by atoms with Gasteiger partial charge in [0.2, 0.25) is 0 Å². The molecule has 0 saturated heterocycles. The fourth-order valence-corrected chi connectivity index (χ4v) is 1.19. The van der Waals surface area contributed by atoms with E-state index in [9.17, 15) is 19.8 Å². The third-order valence-electron chi connectivity index (χ3n) is 1.97. The van der Waals surface area contributed by atoms with Crippen LogP contribution in [0.5, 0.6) is 11.5 Å². The van der Waals surface area contributed by atoms with Gasteiger partial charge in [-0.2, -0.15) is 0 Å². The van der Waals surface area contributed by atoms with E-state index >= 15 is 0 Å². The summed E-state index contributed by atoms with van der Waals surface area (Å²) in [5, 5.41) is 35.8. The zero-order valence-corrected chi connectivity index (χ0v) is 8.62. The minimum absolute atomic E-state index is 0.126. The van der Waals surface area contributed by atoms with Gasteiger partial charge < -0.3 is 20.4 Å². The minimum atomic E-state index is -1.34. The number of hydrogen-bond donors (Lipinski definition) is 4. The number of aromatic carboxylic acids is 1. The van der Waals surface area contributed by atoms with Crippen molar-refractivity contribution in [2.75, 3.05) is 0 Å². The lowest BCUT2D eigenvalue weighted by atomic mass is 10.1. The highest BCUT2D eigenvalue weighted by Gasteiger charge is 2.12. The Morgan fingerprint density at radius 3 is 2.29 bits per heavy atom. The topological polar surface area (TPSA) is 115 Å². The molecule has 6 nitrogen and oxygen atoms in total. The van der Waals surface area contributed by atoms with Crippen molar-refractivity contribution >= 4 is 18.0 Å². The van der Waals surface area contributed by atoms with Crippen LogP contribution in [-0.2, 0) is 4.79 Å².